The van der Waals surface area contributed by atoms with Gasteiger partial charge in [0.15, 0.2) is 0 Å². The van der Waals surface area contributed by atoms with Crippen molar-refractivity contribution in [2.24, 2.45) is 5.73 Å². The first kappa shape index (κ1) is 12.5. The highest BCUT2D eigenvalue weighted by atomic mass is 32.2. The lowest BCUT2D eigenvalue weighted by Crippen LogP contribution is -2.32. The maximum Gasteiger partial charge on any atom is 0.123 e. The second kappa shape index (κ2) is 5.52. The van der Waals surface area contributed by atoms with Crippen molar-refractivity contribution in [1.82, 2.24) is 0 Å². The molecule has 0 amide bonds. The Bertz CT molecular complexity index is 285. The van der Waals surface area contributed by atoms with Crippen LogP contribution in [0.25, 0.3) is 0 Å². The van der Waals surface area contributed by atoms with Gasteiger partial charge in [0.25, 0.3) is 0 Å². The zero-order valence-corrected chi connectivity index (χ0v) is 10.1. The van der Waals surface area contributed by atoms with Gasteiger partial charge in [0.1, 0.15) is 5.82 Å². The highest BCUT2D eigenvalue weighted by molar-refractivity contribution is 8.00. The van der Waals surface area contributed by atoms with Crippen molar-refractivity contribution >= 4 is 11.8 Å². The molecule has 0 aliphatic heterocycles. The van der Waals surface area contributed by atoms with E-state index in [0.29, 0.717) is 6.54 Å². The molecule has 1 aromatic rings. The Morgan fingerprint density at radius 1 is 1.20 bits per heavy atom. The highest BCUT2D eigenvalue weighted by Gasteiger charge is 2.25. The third kappa shape index (κ3) is 3.21. The van der Waals surface area contributed by atoms with Crippen LogP contribution in [-0.4, -0.2) is 11.3 Å². The van der Waals surface area contributed by atoms with Gasteiger partial charge in [-0.3, -0.25) is 0 Å². The summed E-state index contributed by atoms with van der Waals surface area (Å²) in [6.45, 7) is 4.95. The third-order valence-electron chi connectivity index (χ3n) is 2.81. The van der Waals surface area contributed by atoms with E-state index < -0.39 is 0 Å². The van der Waals surface area contributed by atoms with Gasteiger partial charge >= 0.3 is 0 Å². The van der Waals surface area contributed by atoms with Gasteiger partial charge in [0.2, 0.25) is 0 Å². The molecule has 1 rings (SSSR count). The van der Waals surface area contributed by atoms with Crippen molar-refractivity contribution in [1.29, 1.82) is 0 Å². The molecule has 0 bridgehead atoms. The van der Waals surface area contributed by atoms with E-state index in [1.54, 1.807) is 11.8 Å². The summed E-state index contributed by atoms with van der Waals surface area (Å²) in [5.41, 5.74) is 5.81. The van der Waals surface area contributed by atoms with Gasteiger partial charge in [0.05, 0.1) is 0 Å². The topological polar surface area (TPSA) is 26.0 Å². The quantitative estimate of drug-likeness (QED) is 0.780. The average molecular weight is 227 g/mol. The molecule has 0 heterocycles. The molecule has 0 aliphatic rings. The van der Waals surface area contributed by atoms with Gasteiger partial charge in [-0.2, -0.15) is 0 Å². The van der Waals surface area contributed by atoms with E-state index in [-0.39, 0.29) is 10.6 Å². The smallest absolute Gasteiger partial charge is 0.123 e. The number of rotatable bonds is 5. The molecule has 0 aliphatic carbocycles. The zero-order valence-electron chi connectivity index (χ0n) is 9.29. The monoisotopic (exact) mass is 227 g/mol. The van der Waals surface area contributed by atoms with Crippen LogP contribution in [0.15, 0.2) is 29.2 Å². The number of hydrogen-bond donors (Lipinski definition) is 1. The van der Waals surface area contributed by atoms with Gasteiger partial charge in [-0.25, -0.2) is 4.39 Å². The van der Waals surface area contributed by atoms with Gasteiger partial charge in [-0.1, -0.05) is 13.8 Å². The predicted octanol–water partition coefficient (Wildman–Crippen LogP) is 3.44. The Labute approximate surface area is 95.2 Å². The molecule has 0 saturated carbocycles. The first-order valence-electron chi connectivity index (χ1n) is 5.30. The minimum atomic E-state index is -0.189. The van der Waals surface area contributed by atoms with Gasteiger partial charge in [-0.05, 0) is 37.1 Å². The highest BCUT2D eigenvalue weighted by Crippen LogP contribution is 2.37. The molecule has 2 N–H and O–H groups in total. The van der Waals surface area contributed by atoms with Crippen LogP contribution < -0.4 is 5.73 Å². The van der Waals surface area contributed by atoms with E-state index in [1.807, 2.05) is 12.1 Å². The summed E-state index contributed by atoms with van der Waals surface area (Å²) in [5, 5.41) is 0. The summed E-state index contributed by atoms with van der Waals surface area (Å²) in [6, 6.07) is 6.62. The number of nitrogens with two attached hydrogens (primary N) is 1. The Balaban J connectivity index is 2.78. The summed E-state index contributed by atoms with van der Waals surface area (Å²) in [6.07, 6.45) is 2.06. The van der Waals surface area contributed by atoms with Crippen LogP contribution in [0.1, 0.15) is 26.7 Å². The van der Waals surface area contributed by atoms with Crippen LogP contribution in [0.3, 0.4) is 0 Å². The SMILES string of the molecule is CCC(CC)(CN)Sc1ccc(F)cc1. The second-order valence-electron chi connectivity index (χ2n) is 3.65. The fourth-order valence-electron chi connectivity index (χ4n) is 1.48. The zero-order chi connectivity index (χ0) is 11.3. The molecule has 0 fully saturated rings. The molecule has 84 valence electrons. The van der Waals surface area contributed by atoms with E-state index in [9.17, 15) is 4.39 Å². The molecule has 0 unspecified atom stereocenters. The van der Waals surface area contributed by atoms with E-state index in [2.05, 4.69) is 13.8 Å². The van der Waals surface area contributed by atoms with Crippen molar-refractivity contribution in [3.63, 3.8) is 0 Å². The molecule has 0 radical (unpaired) electrons. The molecule has 0 saturated heterocycles. The van der Waals surface area contributed by atoms with Crippen molar-refractivity contribution in [2.75, 3.05) is 6.54 Å². The summed E-state index contributed by atoms with van der Waals surface area (Å²) in [5.74, 6) is -0.189. The van der Waals surface area contributed by atoms with Crippen LogP contribution in [0, 0.1) is 5.82 Å². The van der Waals surface area contributed by atoms with Crippen molar-refractivity contribution in [3.8, 4) is 0 Å². The molecule has 0 atom stereocenters. The van der Waals surface area contributed by atoms with Gasteiger partial charge in [0, 0.05) is 16.2 Å². The second-order valence-corrected chi connectivity index (χ2v) is 5.19. The summed E-state index contributed by atoms with van der Waals surface area (Å²) >= 11 is 1.75. The fraction of sp³-hybridized carbons (Fsp3) is 0.500. The summed E-state index contributed by atoms with van der Waals surface area (Å²) in [4.78, 5) is 1.09. The molecular weight excluding hydrogens is 209 g/mol. The van der Waals surface area contributed by atoms with Crippen LogP contribution in [0.4, 0.5) is 4.39 Å². The minimum absolute atomic E-state index is 0.0951. The lowest BCUT2D eigenvalue weighted by Gasteiger charge is -2.29. The average Bonchev–Trinajstić information content (AvgIpc) is 2.29. The minimum Gasteiger partial charge on any atom is -0.329 e. The first-order chi connectivity index (χ1) is 7.15. The standard InChI is InChI=1S/C12H18FNS/c1-3-12(4-2,9-14)15-11-7-5-10(13)6-8-11/h5-8H,3-4,9,14H2,1-2H3. The molecular formula is C12H18FNS. The molecule has 0 spiro atoms. The van der Waals surface area contributed by atoms with E-state index in [4.69, 9.17) is 5.73 Å². The molecule has 0 aromatic heterocycles. The Morgan fingerprint density at radius 3 is 2.13 bits per heavy atom. The van der Waals surface area contributed by atoms with Crippen LogP contribution in [-0.2, 0) is 0 Å². The lowest BCUT2D eigenvalue weighted by atomic mass is 10.0. The Hall–Kier alpha value is -0.540. The first-order valence-corrected chi connectivity index (χ1v) is 6.12. The van der Waals surface area contributed by atoms with E-state index in [0.717, 1.165) is 17.7 Å². The molecule has 1 nitrogen and oxygen atoms in total. The van der Waals surface area contributed by atoms with Crippen LogP contribution in [0.2, 0.25) is 0 Å². The van der Waals surface area contributed by atoms with Crippen molar-refractivity contribution in [3.05, 3.63) is 30.1 Å². The third-order valence-corrected chi connectivity index (χ3v) is 4.49. The van der Waals surface area contributed by atoms with Gasteiger partial charge in [-0.15, -0.1) is 11.8 Å². The molecule has 15 heavy (non-hydrogen) atoms. The fourth-order valence-corrected chi connectivity index (χ4v) is 2.62. The normalized spacial score (nSPS) is 11.7. The number of thioether (sulfide) groups is 1. The molecule has 3 heteroatoms. The Morgan fingerprint density at radius 2 is 1.73 bits per heavy atom. The van der Waals surface area contributed by atoms with Crippen LogP contribution >= 0.6 is 11.8 Å². The molecule has 1 aromatic carbocycles. The summed E-state index contributed by atoms with van der Waals surface area (Å²) < 4.78 is 12.8. The maximum atomic E-state index is 12.7. The predicted molar refractivity (Wildman–Crippen MR) is 64.6 cm³/mol. The Kier molecular flexibility index (Phi) is 4.61. The summed E-state index contributed by atoms with van der Waals surface area (Å²) in [7, 11) is 0. The van der Waals surface area contributed by atoms with Crippen molar-refractivity contribution < 1.29 is 4.39 Å². The van der Waals surface area contributed by atoms with E-state index in [1.165, 1.54) is 12.1 Å². The van der Waals surface area contributed by atoms with Gasteiger partial charge < -0.3 is 5.73 Å². The van der Waals surface area contributed by atoms with Crippen molar-refractivity contribution in [2.45, 2.75) is 36.3 Å². The van der Waals surface area contributed by atoms with Crippen LogP contribution in [0.5, 0.6) is 0 Å². The largest absolute Gasteiger partial charge is 0.329 e. The lowest BCUT2D eigenvalue weighted by molar-refractivity contribution is 0.558. The number of hydrogen-bond acceptors (Lipinski definition) is 2. The number of halogens is 1. The number of benzene rings is 1. The maximum absolute atomic E-state index is 12.7. The van der Waals surface area contributed by atoms with E-state index >= 15 is 0 Å².